The van der Waals surface area contributed by atoms with E-state index in [-0.39, 0.29) is 80.9 Å². The molecule has 0 radical (unpaired) electrons. The van der Waals surface area contributed by atoms with Gasteiger partial charge in [-0.2, -0.15) is 0 Å². The van der Waals surface area contributed by atoms with Gasteiger partial charge in [-0.3, -0.25) is 0 Å². The zero-order valence-electron chi connectivity index (χ0n) is 15.1. The Morgan fingerprint density at radius 1 is 1.13 bits per heavy atom. The van der Waals surface area contributed by atoms with Crippen molar-refractivity contribution in [3.8, 4) is 0 Å². The van der Waals surface area contributed by atoms with Crippen LogP contribution in [0.25, 0.3) is 0 Å². The van der Waals surface area contributed by atoms with Crippen LogP contribution in [0.4, 0.5) is 0 Å². The smallest absolute Gasteiger partial charge is 1.00 e. The molecule has 1 saturated heterocycles. The number of hydrogen-bond acceptors (Lipinski definition) is 16. The molecule has 0 aromatic heterocycles. The van der Waals surface area contributed by atoms with Crippen LogP contribution < -0.4 is 91.2 Å². The minimum Gasteiger partial charge on any atom is 1.00 e. The third-order valence-corrected chi connectivity index (χ3v) is 9.52. The summed E-state index contributed by atoms with van der Waals surface area (Å²) in [6.07, 6.45) is -7.83. The molecule has 2 rings (SSSR count). The van der Waals surface area contributed by atoms with Crippen molar-refractivity contribution in [3.05, 3.63) is 11.5 Å². The number of carbonyl (C=O) groups is 3. The van der Waals surface area contributed by atoms with Crippen LogP contribution in [0.5, 0.6) is 0 Å². The summed E-state index contributed by atoms with van der Waals surface area (Å²) in [5.74, 6) is -6.70. The number of aliphatic hydroxyl groups is 5. The van der Waals surface area contributed by atoms with Crippen LogP contribution >= 0.6 is 0 Å². The van der Waals surface area contributed by atoms with Gasteiger partial charge < -0.3 is 30.0 Å². The van der Waals surface area contributed by atoms with E-state index < -0.39 is 92.3 Å². The number of carboxylic acid groups (broad SMARTS) is 2. The molecule has 0 aromatic rings. The standard InChI is InChI=1S/C6H8O6.C4H6O6.K.Na.H2O4S.Sb/c7-1-2(8)5-3(9)4(10)6(11)12-5;5-1(3(7)8)2(6)4(9)10;;;1-5(2,3)4;/h2,5,7-10H,1H2;1-2,5-6H,(H,7,8)(H,9,10);;;(H2,1,2,3,4);/q;;2*+1;;+3/p-5/t2-,5+;;;;;/m0...../s1. The van der Waals surface area contributed by atoms with Gasteiger partial charge in [0.15, 0.2) is 0 Å². The number of ether oxygens (including phenoxy) is 1. The van der Waals surface area contributed by atoms with Gasteiger partial charge >= 0.3 is 190 Å². The number of aliphatic hydroxyl groups excluding tert-OH is 5. The van der Waals surface area contributed by atoms with E-state index in [9.17, 15) is 43.2 Å². The van der Waals surface area contributed by atoms with Gasteiger partial charge in [0, 0.05) is 0 Å². The van der Waals surface area contributed by atoms with Gasteiger partial charge in [-0.15, -0.1) is 0 Å². The van der Waals surface area contributed by atoms with Gasteiger partial charge in [-0.25, -0.2) is 0 Å². The SMILES string of the molecule is O=C([O-])C(O)C(O)C(=O)[O-].O=C1O[C@H]([C@@H](O)CO)C([O][Sb]2[O]S(=O)(=O)[O]2)=C1O.[K+].[Na+]. The fourth-order valence-corrected chi connectivity index (χ4v) is 5.97. The molecule has 2 aliphatic rings. The number of rotatable bonds is 7. The molecule has 0 amide bonds. The molecule has 0 spiro atoms. The topological polar surface area (TPSA) is 270 Å². The van der Waals surface area contributed by atoms with Crippen LogP contribution in [-0.4, -0.2) is 104 Å². The fourth-order valence-electron chi connectivity index (χ4n) is 1.43. The third kappa shape index (κ3) is 9.42. The molecule has 16 nitrogen and oxygen atoms in total. The molecule has 0 aromatic carbocycles. The molecule has 4 atom stereocenters. The minimum atomic E-state index is -4.03. The van der Waals surface area contributed by atoms with E-state index in [1.807, 2.05) is 0 Å². The van der Waals surface area contributed by atoms with Crippen LogP contribution in [0.3, 0.4) is 0 Å². The predicted molar refractivity (Wildman–Crippen MR) is 72.6 cm³/mol. The molecule has 20 heteroatoms. The molecule has 2 heterocycles. The number of aliphatic carboxylic acids is 2. The number of cyclic esters (lactones) is 1. The van der Waals surface area contributed by atoms with Crippen molar-refractivity contribution in [2.24, 2.45) is 0 Å². The first-order valence-electron chi connectivity index (χ1n) is 6.63. The van der Waals surface area contributed by atoms with E-state index in [4.69, 9.17) is 18.3 Å². The molecule has 2 aliphatic heterocycles. The maximum absolute atomic E-state index is 11.0. The van der Waals surface area contributed by atoms with Crippen molar-refractivity contribution in [3.63, 3.8) is 0 Å². The number of carbonyl (C=O) groups excluding carboxylic acids is 3. The first-order chi connectivity index (χ1) is 12.8. The normalized spacial score (nSPS) is 22.5. The Kier molecular flexibility index (Phi) is 15.7. The molecule has 30 heavy (non-hydrogen) atoms. The van der Waals surface area contributed by atoms with Gasteiger partial charge in [0.25, 0.3) is 0 Å². The number of carboxylic acids is 2. The van der Waals surface area contributed by atoms with E-state index >= 15 is 0 Å². The zero-order valence-corrected chi connectivity index (χ0v) is 23.6. The fraction of sp³-hybridized carbons (Fsp3) is 0.500. The van der Waals surface area contributed by atoms with E-state index in [0.717, 1.165) is 0 Å². The van der Waals surface area contributed by atoms with Gasteiger partial charge in [0.05, 0.1) is 11.9 Å². The van der Waals surface area contributed by atoms with Crippen LogP contribution in [0.1, 0.15) is 0 Å². The second-order valence-electron chi connectivity index (χ2n) is 4.69. The summed E-state index contributed by atoms with van der Waals surface area (Å²) in [5, 5.41) is 63.1. The number of hydrogen-bond donors (Lipinski definition) is 5. The van der Waals surface area contributed by atoms with Crippen molar-refractivity contribution in [1.29, 1.82) is 0 Å². The molecule has 5 N–H and O–H groups in total. The van der Waals surface area contributed by atoms with Crippen LogP contribution in [0, 0.1) is 0 Å². The second kappa shape index (κ2) is 14.2. The van der Waals surface area contributed by atoms with Crippen LogP contribution in [0.2, 0.25) is 0 Å². The summed E-state index contributed by atoms with van der Waals surface area (Å²) in [4.78, 5) is 30.3. The summed E-state index contributed by atoms with van der Waals surface area (Å²) in [6.45, 7) is -0.755. The Morgan fingerprint density at radius 3 is 1.90 bits per heavy atom. The quantitative estimate of drug-likeness (QED) is 0.134. The molecule has 0 saturated carbocycles. The molecule has 1 fully saturated rings. The summed E-state index contributed by atoms with van der Waals surface area (Å²) < 4.78 is 39.1. The van der Waals surface area contributed by atoms with Crippen molar-refractivity contribution >= 4 is 49.8 Å². The first-order valence-corrected chi connectivity index (χ1v) is 11.1. The van der Waals surface area contributed by atoms with E-state index in [1.165, 1.54) is 0 Å². The van der Waals surface area contributed by atoms with Gasteiger partial charge in [-0.05, 0) is 0 Å². The van der Waals surface area contributed by atoms with Crippen molar-refractivity contribution in [2.45, 2.75) is 24.4 Å². The van der Waals surface area contributed by atoms with Crippen LogP contribution in [-0.2, 0) is 37.5 Å². The Labute approximate surface area is 241 Å². The van der Waals surface area contributed by atoms with Crippen molar-refractivity contribution in [1.82, 2.24) is 0 Å². The Morgan fingerprint density at radius 2 is 1.57 bits per heavy atom. The van der Waals surface area contributed by atoms with Crippen molar-refractivity contribution in [2.75, 3.05) is 6.61 Å². The average Bonchev–Trinajstić information content (AvgIpc) is 2.86. The maximum Gasteiger partial charge on any atom is 1.00 e. The van der Waals surface area contributed by atoms with E-state index in [1.54, 1.807) is 0 Å². The second-order valence-corrected chi connectivity index (χ2v) is 10.2. The summed E-state index contributed by atoms with van der Waals surface area (Å²) in [7, 11) is -4.03. The molecule has 0 bridgehead atoms. The van der Waals surface area contributed by atoms with Gasteiger partial charge in [-0.1, -0.05) is 0 Å². The molecule has 0 aliphatic carbocycles. The molecule has 2 unspecified atom stereocenters. The summed E-state index contributed by atoms with van der Waals surface area (Å²) in [6, 6.07) is 0. The Hall–Kier alpha value is 0.915. The van der Waals surface area contributed by atoms with Crippen molar-refractivity contribution < 1.29 is 152 Å². The van der Waals surface area contributed by atoms with Crippen LogP contribution in [0.15, 0.2) is 11.5 Å². The Bertz CT molecular complexity index is 742. The van der Waals surface area contributed by atoms with Gasteiger partial charge in [0.1, 0.15) is 12.2 Å². The maximum atomic E-state index is 11.0. The molecular formula is C10H11KNaO16SSb. The van der Waals surface area contributed by atoms with E-state index in [2.05, 4.69) is 9.66 Å². The summed E-state index contributed by atoms with van der Waals surface area (Å²) in [5.41, 5.74) is 0. The molecular weight excluding hydrogens is 592 g/mol. The zero-order chi connectivity index (χ0) is 21.8. The minimum absolute atomic E-state index is 0. The van der Waals surface area contributed by atoms with E-state index in [0.29, 0.717) is 0 Å². The third-order valence-electron chi connectivity index (χ3n) is 2.71. The monoisotopic (exact) mass is 602 g/mol. The largest absolute Gasteiger partial charge is 1.00 e. The Balaban J connectivity index is 0. The first kappa shape index (κ1) is 33.1. The molecule has 160 valence electrons. The predicted octanol–water partition coefficient (Wildman–Crippen LogP) is -13.5. The van der Waals surface area contributed by atoms with Gasteiger partial charge in [0.2, 0.25) is 0 Å². The summed E-state index contributed by atoms with van der Waals surface area (Å²) >= 11 is -3.51. The number of esters is 1. The average molecular weight is 603 g/mol.